The van der Waals surface area contributed by atoms with E-state index in [0.717, 1.165) is 0 Å². The highest BCUT2D eigenvalue weighted by Crippen LogP contribution is 1.96. The minimum atomic E-state index is -0.117. The van der Waals surface area contributed by atoms with Gasteiger partial charge in [-0.2, -0.15) is 0 Å². The molecule has 1 N–H and O–H groups in total. The number of methoxy groups -OCH3 is 1. The number of amides is 1. The first kappa shape index (κ1) is 10.7. The SMILES string of the molecule is COCCNC(=O)C(C)CCl. The third-order valence-electron chi connectivity index (χ3n) is 1.28. The van der Waals surface area contributed by atoms with E-state index < -0.39 is 0 Å². The first-order valence-electron chi connectivity index (χ1n) is 3.55. The summed E-state index contributed by atoms with van der Waals surface area (Å²) in [5, 5.41) is 2.69. The van der Waals surface area contributed by atoms with Crippen molar-refractivity contribution in [2.75, 3.05) is 26.1 Å². The van der Waals surface area contributed by atoms with Gasteiger partial charge in [-0.3, -0.25) is 4.79 Å². The molecule has 1 unspecified atom stereocenters. The number of hydrogen-bond donors (Lipinski definition) is 1. The second-order valence-corrected chi connectivity index (χ2v) is 2.65. The summed E-state index contributed by atoms with van der Waals surface area (Å²) in [6.07, 6.45) is 0. The van der Waals surface area contributed by atoms with Crippen LogP contribution in [-0.4, -0.2) is 32.0 Å². The molecule has 1 amide bonds. The van der Waals surface area contributed by atoms with Crippen LogP contribution in [0, 0.1) is 5.92 Å². The highest BCUT2D eigenvalue weighted by molar-refractivity contribution is 6.19. The summed E-state index contributed by atoms with van der Waals surface area (Å²) >= 11 is 5.47. The van der Waals surface area contributed by atoms with Gasteiger partial charge in [-0.25, -0.2) is 0 Å². The van der Waals surface area contributed by atoms with Gasteiger partial charge in [-0.15, -0.1) is 11.6 Å². The number of ether oxygens (including phenoxy) is 1. The molecule has 3 nitrogen and oxygen atoms in total. The molecule has 0 saturated heterocycles. The lowest BCUT2D eigenvalue weighted by Crippen LogP contribution is -2.32. The van der Waals surface area contributed by atoms with Crippen molar-refractivity contribution < 1.29 is 9.53 Å². The number of carbonyl (C=O) groups excluding carboxylic acids is 1. The molecule has 0 rings (SSSR count). The molecule has 0 aliphatic carbocycles. The van der Waals surface area contributed by atoms with Crippen LogP contribution in [0.2, 0.25) is 0 Å². The molecule has 0 bridgehead atoms. The zero-order valence-electron chi connectivity index (χ0n) is 6.89. The molecular formula is C7H14ClNO2. The summed E-state index contributed by atoms with van der Waals surface area (Å²) < 4.78 is 4.76. The predicted octanol–water partition coefficient (Wildman–Crippen LogP) is 0.624. The first-order chi connectivity index (χ1) is 5.22. The van der Waals surface area contributed by atoms with Gasteiger partial charge >= 0.3 is 0 Å². The Morgan fingerprint density at radius 2 is 2.36 bits per heavy atom. The van der Waals surface area contributed by atoms with Crippen molar-refractivity contribution in [3.63, 3.8) is 0 Å². The molecule has 0 radical (unpaired) electrons. The fourth-order valence-corrected chi connectivity index (χ4v) is 0.661. The monoisotopic (exact) mass is 179 g/mol. The van der Waals surface area contributed by atoms with E-state index in [-0.39, 0.29) is 11.8 Å². The Balaban J connectivity index is 3.36. The number of alkyl halides is 1. The molecule has 11 heavy (non-hydrogen) atoms. The van der Waals surface area contributed by atoms with Crippen LogP contribution < -0.4 is 5.32 Å². The van der Waals surface area contributed by atoms with Crippen LogP contribution in [0.4, 0.5) is 0 Å². The first-order valence-corrected chi connectivity index (χ1v) is 4.08. The molecule has 0 fully saturated rings. The van der Waals surface area contributed by atoms with Crippen molar-refractivity contribution in [3.05, 3.63) is 0 Å². The van der Waals surface area contributed by atoms with Gasteiger partial charge in [-0.1, -0.05) is 6.92 Å². The van der Waals surface area contributed by atoms with Crippen molar-refractivity contribution in [1.82, 2.24) is 5.32 Å². The van der Waals surface area contributed by atoms with Crippen LogP contribution in [0.5, 0.6) is 0 Å². The number of hydrogen-bond acceptors (Lipinski definition) is 2. The summed E-state index contributed by atoms with van der Waals surface area (Å²) in [5.41, 5.74) is 0. The molecule has 0 spiro atoms. The van der Waals surface area contributed by atoms with Crippen molar-refractivity contribution in [2.24, 2.45) is 5.92 Å². The number of nitrogens with one attached hydrogen (secondary N) is 1. The lowest BCUT2D eigenvalue weighted by molar-refractivity contribution is -0.124. The van der Waals surface area contributed by atoms with E-state index in [0.29, 0.717) is 19.0 Å². The van der Waals surface area contributed by atoms with Crippen LogP contribution in [0.25, 0.3) is 0 Å². The average molecular weight is 180 g/mol. The minimum absolute atomic E-state index is 0.0166. The van der Waals surface area contributed by atoms with Gasteiger partial charge in [0.2, 0.25) is 5.91 Å². The Bertz CT molecular complexity index is 119. The number of rotatable bonds is 5. The van der Waals surface area contributed by atoms with Gasteiger partial charge in [0.25, 0.3) is 0 Å². The zero-order valence-corrected chi connectivity index (χ0v) is 7.65. The van der Waals surface area contributed by atoms with Crippen molar-refractivity contribution >= 4 is 17.5 Å². The summed E-state index contributed by atoms with van der Waals surface area (Å²) in [6, 6.07) is 0. The van der Waals surface area contributed by atoms with E-state index in [2.05, 4.69) is 5.32 Å². The normalized spacial score (nSPS) is 12.6. The average Bonchev–Trinajstić information content (AvgIpc) is 2.03. The molecule has 0 heterocycles. The van der Waals surface area contributed by atoms with E-state index in [1.165, 1.54) is 0 Å². The lowest BCUT2D eigenvalue weighted by atomic mass is 10.2. The van der Waals surface area contributed by atoms with Gasteiger partial charge in [0, 0.05) is 25.5 Å². The molecule has 0 aliphatic heterocycles. The second kappa shape index (κ2) is 6.43. The number of carbonyl (C=O) groups is 1. The fourth-order valence-electron chi connectivity index (χ4n) is 0.521. The van der Waals surface area contributed by atoms with E-state index in [1.807, 2.05) is 0 Å². The van der Waals surface area contributed by atoms with Crippen LogP contribution in [0.15, 0.2) is 0 Å². The molecular weight excluding hydrogens is 166 g/mol. The maximum atomic E-state index is 11.0. The maximum Gasteiger partial charge on any atom is 0.224 e. The highest BCUT2D eigenvalue weighted by Gasteiger charge is 2.09. The third kappa shape index (κ3) is 5.04. The Morgan fingerprint density at radius 1 is 1.73 bits per heavy atom. The molecule has 0 aromatic heterocycles. The minimum Gasteiger partial charge on any atom is -0.383 e. The lowest BCUT2D eigenvalue weighted by Gasteiger charge is -2.07. The van der Waals surface area contributed by atoms with Crippen molar-refractivity contribution in [1.29, 1.82) is 0 Å². The Morgan fingerprint density at radius 3 is 2.82 bits per heavy atom. The van der Waals surface area contributed by atoms with E-state index in [4.69, 9.17) is 16.3 Å². The van der Waals surface area contributed by atoms with E-state index in [9.17, 15) is 4.79 Å². The van der Waals surface area contributed by atoms with Gasteiger partial charge in [-0.05, 0) is 0 Å². The van der Waals surface area contributed by atoms with Crippen molar-refractivity contribution in [3.8, 4) is 0 Å². The molecule has 66 valence electrons. The quantitative estimate of drug-likeness (QED) is 0.497. The second-order valence-electron chi connectivity index (χ2n) is 2.34. The third-order valence-corrected chi connectivity index (χ3v) is 1.75. The van der Waals surface area contributed by atoms with Crippen molar-refractivity contribution in [2.45, 2.75) is 6.92 Å². The van der Waals surface area contributed by atoms with E-state index in [1.54, 1.807) is 14.0 Å². The largest absolute Gasteiger partial charge is 0.383 e. The maximum absolute atomic E-state index is 11.0. The van der Waals surface area contributed by atoms with Crippen LogP contribution >= 0.6 is 11.6 Å². The van der Waals surface area contributed by atoms with Gasteiger partial charge in [0.05, 0.1) is 6.61 Å². The summed E-state index contributed by atoms with van der Waals surface area (Å²) in [5.74, 6) is 0.226. The van der Waals surface area contributed by atoms with Crippen LogP contribution in [0.1, 0.15) is 6.92 Å². The predicted molar refractivity (Wildman–Crippen MR) is 44.8 cm³/mol. The highest BCUT2D eigenvalue weighted by atomic mass is 35.5. The molecule has 1 atom stereocenters. The summed E-state index contributed by atoms with van der Waals surface area (Å²) in [6.45, 7) is 2.88. The Labute approximate surface area is 72.1 Å². The van der Waals surface area contributed by atoms with Gasteiger partial charge < -0.3 is 10.1 Å². The number of halogens is 1. The van der Waals surface area contributed by atoms with Crippen LogP contribution in [0.3, 0.4) is 0 Å². The molecule has 0 aliphatic rings. The molecule has 0 saturated carbocycles. The molecule has 0 aromatic rings. The summed E-state index contributed by atoms with van der Waals surface area (Å²) in [4.78, 5) is 11.0. The standard InChI is InChI=1S/C7H14ClNO2/c1-6(5-8)7(10)9-3-4-11-2/h6H,3-5H2,1-2H3,(H,9,10). The molecule has 4 heteroatoms. The van der Waals surface area contributed by atoms with E-state index >= 15 is 0 Å². The Kier molecular flexibility index (Phi) is 6.27. The smallest absolute Gasteiger partial charge is 0.224 e. The summed E-state index contributed by atoms with van der Waals surface area (Å²) in [7, 11) is 1.59. The van der Waals surface area contributed by atoms with Gasteiger partial charge in [0.15, 0.2) is 0 Å². The fraction of sp³-hybridized carbons (Fsp3) is 0.857. The van der Waals surface area contributed by atoms with Gasteiger partial charge in [0.1, 0.15) is 0 Å². The Hall–Kier alpha value is -0.280. The topological polar surface area (TPSA) is 38.3 Å². The van der Waals surface area contributed by atoms with Crippen LogP contribution in [-0.2, 0) is 9.53 Å². The molecule has 0 aromatic carbocycles. The zero-order chi connectivity index (χ0) is 8.69.